The van der Waals surface area contributed by atoms with Crippen molar-refractivity contribution in [3.63, 3.8) is 0 Å². The molecule has 0 radical (unpaired) electrons. The molecule has 1 saturated heterocycles. The van der Waals surface area contributed by atoms with Gasteiger partial charge in [-0.25, -0.2) is 0 Å². The summed E-state index contributed by atoms with van der Waals surface area (Å²) in [5.74, 6) is 0.900. The van der Waals surface area contributed by atoms with Gasteiger partial charge in [-0.3, -0.25) is 14.5 Å². The largest absolute Gasteiger partial charge is 0.482 e. The van der Waals surface area contributed by atoms with Crippen LogP contribution in [0, 0.1) is 0 Å². The van der Waals surface area contributed by atoms with Gasteiger partial charge in [0.1, 0.15) is 18.6 Å². The molecule has 0 atom stereocenters. The zero-order valence-electron chi connectivity index (χ0n) is 18.7. The second-order valence-electron chi connectivity index (χ2n) is 8.83. The number of hydrogen-bond donors (Lipinski definition) is 0. The Kier molecular flexibility index (Phi) is 6.26. The van der Waals surface area contributed by atoms with Crippen molar-refractivity contribution in [2.75, 3.05) is 13.1 Å². The molecule has 5 rings (SSSR count). The number of rotatable bonds is 6. The normalized spacial score (nSPS) is 15.9. The van der Waals surface area contributed by atoms with E-state index < -0.39 is 0 Å². The zero-order chi connectivity index (χ0) is 22.6. The Morgan fingerprint density at radius 2 is 1.64 bits per heavy atom. The molecule has 1 amide bonds. The molecule has 0 aliphatic carbocycles. The molecule has 170 valence electrons. The van der Waals surface area contributed by atoms with Crippen LogP contribution in [0.3, 0.4) is 0 Å². The Balaban J connectivity index is 1.16. The van der Waals surface area contributed by atoms with Crippen LogP contribution < -0.4 is 10.2 Å². The quantitative estimate of drug-likeness (QED) is 0.565. The highest BCUT2D eigenvalue weighted by Gasteiger charge is 2.20. The first-order valence-corrected chi connectivity index (χ1v) is 11.6. The van der Waals surface area contributed by atoms with Gasteiger partial charge in [0.15, 0.2) is 0 Å². The SMILES string of the molecule is O=C(c1ccc(COc2coc(CN3Cc4ccccc4C3)cc2=O)cc1)N1CCCCC1. The summed E-state index contributed by atoms with van der Waals surface area (Å²) in [6, 6.07) is 17.3. The lowest BCUT2D eigenvalue weighted by molar-refractivity contribution is 0.0724. The van der Waals surface area contributed by atoms with Crippen molar-refractivity contribution in [2.45, 2.75) is 45.5 Å². The highest BCUT2D eigenvalue weighted by molar-refractivity contribution is 5.94. The number of piperidine rings is 1. The van der Waals surface area contributed by atoms with Gasteiger partial charge in [-0.15, -0.1) is 0 Å². The summed E-state index contributed by atoms with van der Waals surface area (Å²) < 4.78 is 11.4. The van der Waals surface area contributed by atoms with Crippen molar-refractivity contribution >= 4 is 5.91 Å². The van der Waals surface area contributed by atoms with E-state index in [-0.39, 0.29) is 23.7 Å². The number of likely N-dealkylation sites (tertiary alicyclic amines) is 1. The third kappa shape index (κ3) is 5.01. The van der Waals surface area contributed by atoms with Gasteiger partial charge in [0.2, 0.25) is 11.2 Å². The second-order valence-corrected chi connectivity index (χ2v) is 8.83. The molecule has 1 aromatic heterocycles. The van der Waals surface area contributed by atoms with Gasteiger partial charge < -0.3 is 14.1 Å². The van der Waals surface area contributed by atoms with Gasteiger partial charge in [0.05, 0.1) is 6.54 Å². The van der Waals surface area contributed by atoms with Crippen LogP contribution in [-0.2, 0) is 26.2 Å². The number of nitrogens with zero attached hydrogens (tertiary/aromatic N) is 2. The standard InChI is InChI=1S/C27H28N2O4/c30-25-14-24(17-28-15-22-6-2-3-7-23(22)16-28)32-19-26(25)33-18-20-8-10-21(11-9-20)27(31)29-12-4-1-5-13-29/h2-3,6-11,14,19H,1,4-5,12-13,15-18H2. The van der Waals surface area contributed by atoms with E-state index in [1.807, 2.05) is 29.2 Å². The van der Waals surface area contributed by atoms with Crippen molar-refractivity contribution in [1.29, 1.82) is 0 Å². The molecular formula is C27H28N2O4. The Hall–Kier alpha value is -3.38. The van der Waals surface area contributed by atoms with E-state index in [0.29, 0.717) is 17.9 Å². The molecular weight excluding hydrogens is 416 g/mol. The minimum Gasteiger partial charge on any atom is -0.482 e. The summed E-state index contributed by atoms with van der Waals surface area (Å²) in [7, 11) is 0. The summed E-state index contributed by atoms with van der Waals surface area (Å²) in [5.41, 5.74) is 4.04. The molecule has 3 heterocycles. The lowest BCUT2D eigenvalue weighted by Gasteiger charge is -2.26. The second kappa shape index (κ2) is 9.63. The molecule has 2 aliphatic heterocycles. The smallest absolute Gasteiger partial charge is 0.253 e. The van der Waals surface area contributed by atoms with Gasteiger partial charge in [-0.05, 0) is 48.1 Å². The molecule has 0 bridgehead atoms. The van der Waals surface area contributed by atoms with E-state index in [4.69, 9.17) is 9.15 Å². The van der Waals surface area contributed by atoms with Crippen LogP contribution in [0.1, 0.15) is 52.1 Å². The fraction of sp³-hybridized carbons (Fsp3) is 0.333. The number of benzene rings is 2. The fourth-order valence-electron chi connectivity index (χ4n) is 4.55. The molecule has 0 spiro atoms. The van der Waals surface area contributed by atoms with Crippen molar-refractivity contribution in [3.05, 3.63) is 99.1 Å². The topological polar surface area (TPSA) is 63.0 Å². The van der Waals surface area contributed by atoms with E-state index in [2.05, 4.69) is 29.2 Å². The van der Waals surface area contributed by atoms with Gasteiger partial charge in [0.25, 0.3) is 5.91 Å². The molecule has 33 heavy (non-hydrogen) atoms. The fourth-order valence-corrected chi connectivity index (χ4v) is 4.55. The van der Waals surface area contributed by atoms with Crippen LogP contribution in [0.25, 0.3) is 0 Å². The predicted molar refractivity (Wildman–Crippen MR) is 125 cm³/mol. The lowest BCUT2D eigenvalue weighted by atomic mass is 10.1. The summed E-state index contributed by atoms with van der Waals surface area (Å²) in [6.07, 6.45) is 4.74. The summed E-state index contributed by atoms with van der Waals surface area (Å²) >= 11 is 0. The van der Waals surface area contributed by atoms with Crippen LogP contribution in [0.4, 0.5) is 0 Å². The van der Waals surface area contributed by atoms with Crippen LogP contribution in [0.2, 0.25) is 0 Å². The highest BCUT2D eigenvalue weighted by atomic mass is 16.5. The first-order chi connectivity index (χ1) is 16.2. The Morgan fingerprint density at radius 3 is 2.30 bits per heavy atom. The van der Waals surface area contributed by atoms with Gasteiger partial charge in [0, 0.05) is 37.8 Å². The first kappa shape index (κ1) is 21.5. The molecule has 0 unspecified atom stereocenters. The number of fused-ring (bicyclic) bond motifs is 1. The van der Waals surface area contributed by atoms with E-state index in [1.54, 1.807) is 0 Å². The third-order valence-corrected chi connectivity index (χ3v) is 6.38. The number of carbonyl (C=O) groups excluding carboxylic acids is 1. The number of hydrogen-bond acceptors (Lipinski definition) is 5. The van der Waals surface area contributed by atoms with Crippen LogP contribution in [0.15, 0.2) is 70.1 Å². The van der Waals surface area contributed by atoms with E-state index in [0.717, 1.165) is 44.6 Å². The van der Waals surface area contributed by atoms with E-state index in [1.165, 1.54) is 29.9 Å². The Bertz CT molecular complexity index is 1150. The van der Waals surface area contributed by atoms with E-state index in [9.17, 15) is 9.59 Å². The summed E-state index contributed by atoms with van der Waals surface area (Å²) in [6.45, 7) is 4.20. The molecule has 6 heteroatoms. The number of amides is 1. The van der Waals surface area contributed by atoms with Gasteiger partial charge in [-0.2, -0.15) is 0 Å². The van der Waals surface area contributed by atoms with Crippen molar-refractivity contribution in [2.24, 2.45) is 0 Å². The summed E-state index contributed by atoms with van der Waals surface area (Å²) in [4.78, 5) is 29.3. The lowest BCUT2D eigenvalue weighted by Crippen LogP contribution is -2.35. The van der Waals surface area contributed by atoms with Crippen molar-refractivity contribution in [1.82, 2.24) is 9.80 Å². The summed E-state index contributed by atoms with van der Waals surface area (Å²) in [5, 5.41) is 0. The first-order valence-electron chi connectivity index (χ1n) is 11.6. The minimum absolute atomic E-state index is 0.0829. The molecule has 0 saturated carbocycles. The average molecular weight is 445 g/mol. The maximum Gasteiger partial charge on any atom is 0.253 e. The highest BCUT2D eigenvalue weighted by Crippen LogP contribution is 2.24. The minimum atomic E-state index is -0.190. The van der Waals surface area contributed by atoms with Crippen LogP contribution >= 0.6 is 0 Å². The van der Waals surface area contributed by atoms with Crippen LogP contribution in [-0.4, -0.2) is 28.8 Å². The molecule has 1 fully saturated rings. The van der Waals surface area contributed by atoms with Gasteiger partial charge in [-0.1, -0.05) is 36.4 Å². The maximum absolute atomic E-state index is 12.6. The number of carbonyl (C=O) groups is 1. The molecule has 2 aliphatic rings. The Labute approximate surface area is 193 Å². The molecule has 2 aromatic carbocycles. The Morgan fingerprint density at radius 1 is 0.939 bits per heavy atom. The predicted octanol–water partition coefficient (Wildman–Crippen LogP) is 4.36. The molecule has 6 nitrogen and oxygen atoms in total. The molecule has 0 N–H and O–H groups in total. The van der Waals surface area contributed by atoms with Gasteiger partial charge >= 0.3 is 0 Å². The monoisotopic (exact) mass is 444 g/mol. The van der Waals surface area contributed by atoms with E-state index >= 15 is 0 Å². The van der Waals surface area contributed by atoms with Crippen LogP contribution in [0.5, 0.6) is 5.75 Å². The zero-order valence-corrected chi connectivity index (χ0v) is 18.7. The average Bonchev–Trinajstić information content (AvgIpc) is 3.26. The number of ether oxygens (including phenoxy) is 1. The van der Waals surface area contributed by atoms with Crippen molar-refractivity contribution < 1.29 is 13.9 Å². The third-order valence-electron chi connectivity index (χ3n) is 6.38. The molecule has 3 aromatic rings. The maximum atomic E-state index is 12.6. The van der Waals surface area contributed by atoms with Crippen molar-refractivity contribution in [3.8, 4) is 5.75 Å².